The van der Waals surface area contributed by atoms with Gasteiger partial charge in [0.25, 0.3) is 5.91 Å². The summed E-state index contributed by atoms with van der Waals surface area (Å²) in [6.07, 6.45) is 0. The summed E-state index contributed by atoms with van der Waals surface area (Å²) in [5.41, 5.74) is 6.59. The van der Waals surface area contributed by atoms with Crippen molar-refractivity contribution < 1.29 is 9.18 Å². The third-order valence-electron chi connectivity index (χ3n) is 2.63. The molecule has 1 aromatic heterocycles. The number of hydrogen-bond acceptors (Lipinski definition) is 4. The van der Waals surface area contributed by atoms with Crippen LogP contribution >= 0.6 is 23.6 Å². The molecule has 104 valence electrons. The number of aryl methyl sites for hydroxylation is 1. The number of nitrogens with zero attached hydrogens (tertiary/aromatic N) is 1. The zero-order valence-electron chi connectivity index (χ0n) is 10.6. The Morgan fingerprint density at radius 3 is 2.85 bits per heavy atom. The maximum atomic E-state index is 13.8. The minimum absolute atomic E-state index is 0.0822. The average molecular weight is 309 g/mol. The quantitative estimate of drug-likeness (QED) is 0.849. The van der Waals surface area contributed by atoms with E-state index in [0.717, 1.165) is 5.01 Å². The van der Waals surface area contributed by atoms with Crippen molar-refractivity contribution in [3.8, 4) is 0 Å². The van der Waals surface area contributed by atoms with Gasteiger partial charge >= 0.3 is 0 Å². The summed E-state index contributed by atoms with van der Waals surface area (Å²) >= 11 is 6.16. The summed E-state index contributed by atoms with van der Waals surface area (Å²) in [5.74, 6) is -0.780. The smallest absolute Gasteiger partial charge is 0.271 e. The molecule has 0 saturated heterocycles. The van der Waals surface area contributed by atoms with Gasteiger partial charge in [0.1, 0.15) is 16.5 Å². The fourth-order valence-electron chi connectivity index (χ4n) is 1.58. The number of halogens is 1. The second-order valence-corrected chi connectivity index (χ2v) is 5.61. The number of aromatic nitrogens is 1. The van der Waals surface area contributed by atoms with Crippen LogP contribution in [-0.4, -0.2) is 15.9 Å². The molecule has 0 aliphatic heterocycles. The number of thiazole rings is 1. The van der Waals surface area contributed by atoms with E-state index < -0.39 is 5.82 Å². The Hall–Kier alpha value is -1.86. The van der Waals surface area contributed by atoms with Crippen molar-refractivity contribution in [2.45, 2.75) is 13.5 Å². The minimum atomic E-state index is -0.454. The van der Waals surface area contributed by atoms with Gasteiger partial charge in [-0.05, 0) is 13.0 Å². The highest BCUT2D eigenvalue weighted by atomic mass is 32.1. The Morgan fingerprint density at radius 1 is 1.55 bits per heavy atom. The van der Waals surface area contributed by atoms with Crippen molar-refractivity contribution >= 4 is 34.5 Å². The lowest BCUT2D eigenvalue weighted by molar-refractivity contribution is 0.0946. The fraction of sp³-hybridized carbons (Fsp3) is 0.154. The highest BCUT2D eigenvalue weighted by Crippen LogP contribution is 2.12. The number of carbonyl (C=O) groups excluding carboxylic acids is 1. The molecule has 0 saturated carbocycles. The van der Waals surface area contributed by atoms with Gasteiger partial charge in [-0.3, -0.25) is 4.79 Å². The molecular weight excluding hydrogens is 297 g/mol. The third-order valence-corrected chi connectivity index (χ3v) is 3.64. The number of carbonyl (C=O) groups is 1. The molecule has 1 heterocycles. The SMILES string of the molecule is Cc1nc(C(=O)NCc2ccc(C(N)=S)cc2F)cs1. The van der Waals surface area contributed by atoms with Crippen LogP contribution in [0.5, 0.6) is 0 Å². The highest BCUT2D eigenvalue weighted by Gasteiger charge is 2.11. The van der Waals surface area contributed by atoms with Gasteiger partial charge in [0.2, 0.25) is 0 Å². The first kappa shape index (κ1) is 14.5. The van der Waals surface area contributed by atoms with Crippen LogP contribution in [0.15, 0.2) is 23.6 Å². The lowest BCUT2D eigenvalue weighted by Gasteiger charge is -2.06. The van der Waals surface area contributed by atoms with E-state index in [0.29, 0.717) is 16.8 Å². The molecule has 4 nitrogen and oxygen atoms in total. The molecule has 20 heavy (non-hydrogen) atoms. The van der Waals surface area contributed by atoms with Gasteiger partial charge in [0.05, 0.1) is 5.01 Å². The molecule has 0 unspecified atom stereocenters. The van der Waals surface area contributed by atoms with Crippen LogP contribution in [0.3, 0.4) is 0 Å². The monoisotopic (exact) mass is 309 g/mol. The number of nitrogens with two attached hydrogens (primary N) is 1. The Morgan fingerprint density at radius 2 is 2.30 bits per heavy atom. The number of rotatable bonds is 4. The van der Waals surface area contributed by atoms with E-state index in [1.54, 1.807) is 17.5 Å². The molecule has 2 rings (SSSR count). The molecule has 0 radical (unpaired) electrons. The topological polar surface area (TPSA) is 68.0 Å². The zero-order chi connectivity index (χ0) is 14.7. The normalized spacial score (nSPS) is 10.3. The molecule has 2 aromatic rings. The molecule has 0 fully saturated rings. The Kier molecular flexibility index (Phi) is 4.41. The fourth-order valence-corrected chi connectivity index (χ4v) is 2.30. The van der Waals surface area contributed by atoms with Crippen LogP contribution in [-0.2, 0) is 6.54 Å². The summed E-state index contributed by atoms with van der Waals surface area (Å²) < 4.78 is 13.8. The van der Waals surface area contributed by atoms with E-state index in [1.807, 2.05) is 6.92 Å². The Labute approximate surface area is 124 Å². The van der Waals surface area contributed by atoms with Gasteiger partial charge in [-0.15, -0.1) is 11.3 Å². The van der Waals surface area contributed by atoms with Crippen molar-refractivity contribution in [1.82, 2.24) is 10.3 Å². The van der Waals surface area contributed by atoms with E-state index >= 15 is 0 Å². The second-order valence-electron chi connectivity index (χ2n) is 4.10. The summed E-state index contributed by atoms with van der Waals surface area (Å²) in [7, 11) is 0. The lowest BCUT2D eigenvalue weighted by Crippen LogP contribution is -2.23. The summed E-state index contributed by atoms with van der Waals surface area (Å²) in [6, 6.07) is 4.44. The van der Waals surface area contributed by atoms with Crippen LogP contribution in [0.4, 0.5) is 4.39 Å². The van der Waals surface area contributed by atoms with E-state index in [1.165, 1.54) is 17.4 Å². The molecule has 3 N–H and O–H groups in total. The summed E-state index contributed by atoms with van der Waals surface area (Å²) in [6.45, 7) is 1.90. The van der Waals surface area contributed by atoms with E-state index in [4.69, 9.17) is 18.0 Å². The molecular formula is C13H12FN3OS2. The predicted molar refractivity (Wildman–Crippen MR) is 80.3 cm³/mol. The molecule has 0 bridgehead atoms. The first-order valence-corrected chi connectivity index (χ1v) is 7.04. The van der Waals surface area contributed by atoms with Crippen LogP contribution < -0.4 is 11.1 Å². The van der Waals surface area contributed by atoms with Crippen molar-refractivity contribution in [3.63, 3.8) is 0 Å². The zero-order valence-corrected chi connectivity index (χ0v) is 12.3. The average Bonchev–Trinajstić information content (AvgIpc) is 2.83. The first-order chi connectivity index (χ1) is 9.47. The minimum Gasteiger partial charge on any atom is -0.389 e. The molecule has 7 heteroatoms. The standard InChI is InChI=1S/C13H12FN3OS2/c1-7-17-11(6-20-7)13(18)16-5-9-3-2-8(12(15)19)4-10(9)14/h2-4,6H,5H2,1H3,(H2,15,19)(H,16,18). The number of benzene rings is 1. The van der Waals surface area contributed by atoms with Crippen LogP contribution in [0.2, 0.25) is 0 Å². The molecule has 0 atom stereocenters. The lowest BCUT2D eigenvalue weighted by atomic mass is 10.1. The molecule has 0 aliphatic carbocycles. The highest BCUT2D eigenvalue weighted by molar-refractivity contribution is 7.80. The van der Waals surface area contributed by atoms with E-state index in [9.17, 15) is 9.18 Å². The van der Waals surface area contributed by atoms with Crippen molar-refractivity contribution in [1.29, 1.82) is 0 Å². The van der Waals surface area contributed by atoms with E-state index in [2.05, 4.69) is 10.3 Å². The Balaban J connectivity index is 2.04. The van der Waals surface area contributed by atoms with Gasteiger partial charge in [0.15, 0.2) is 0 Å². The predicted octanol–water partition coefficient (Wildman–Crippen LogP) is 2.15. The van der Waals surface area contributed by atoms with Gasteiger partial charge in [0, 0.05) is 23.1 Å². The first-order valence-electron chi connectivity index (χ1n) is 5.76. The number of nitrogens with one attached hydrogen (secondary N) is 1. The third kappa shape index (κ3) is 3.37. The molecule has 0 spiro atoms. The molecule has 1 amide bonds. The molecule has 1 aromatic carbocycles. The summed E-state index contributed by atoms with van der Waals surface area (Å²) in [4.78, 5) is 16.0. The van der Waals surface area contributed by atoms with Crippen molar-refractivity contribution in [3.05, 3.63) is 51.2 Å². The van der Waals surface area contributed by atoms with Gasteiger partial charge in [-0.2, -0.15) is 0 Å². The van der Waals surface area contributed by atoms with E-state index in [-0.39, 0.29) is 17.4 Å². The largest absolute Gasteiger partial charge is 0.389 e. The van der Waals surface area contributed by atoms with Crippen molar-refractivity contribution in [2.75, 3.05) is 0 Å². The van der Waals surface area contributed by atoms with Gasteiger partial charge in [-0.1, -0.05) is 24.4 Å². The van der Waals surface area contributed by atoms with Gasteiger partial charge < -0.3 is 11.1 Å². The number of thiocarbonyl (C=S) groups is 1. The Bertz CT molecular complexity index is 669. The second kappa shape index (κ2) is 6.06. The number of amides is 1. The maximum absolute atomic E-state index is 13.8. The van der Waals surface area contributed by atoms with Gasteiger partial charge in [-0.25, -0.2) is 9.37 Å². The van der Waals surface area contributed by atoms with Crippen molar-refractivity contribution in [2.24, 2.45) is 5.73 Å². The van der Waals surface area contributed by atoms with Crippen LogP contribution in [0, 0.1) is 12.7 Å². The maximum Gasteiger partial charge on any atom is 0.271 e. The molecule has 0 aliphatic rings. The summed E-state index contributed by atoms with van der Waals surface area (Å²) in [5, 5.41) is 5.09. The van der Waals surface area contributed by atoms with Crippen LogP contribution in [0.1, 0.15) is 26.6 Å². The van der Waals surface area contributed by atoms with Crippen LogP contribution in [0.25, 0.3) is 0 Å². The number of hydrogen-bond donors (Lipinski definition) is 2.